The second-order valence-electron chi connectivity index (χ2n) is 5.79. The number of carbonyl (C=O) groups excluding carboxylic acids is 1. The summed E-state index contributed by atoms with van der Waals surface area (Å²) in [5.41, 5.74) is 0.860. The molecule has 116 valence electrons. The molecule has 0 saturated heterocycles. The van der Waals surface area contributed by atoms with Gasteiger partial charge in [-0.3, -0.25) is 4.79 Å². The molecule has 0 unspecified atom stereocenters. The van der Waals surface area contributed by atoms with Crippen molar-refractivity contribution in [1.82, 2.24) is 5.32 Å². The van der Waals surface area contributed by atoms with E-state index in [1.54, 1.807) is 6.07 Å². The zero-order valence-electron chi connectivity index (χ0n) is 12.6. The number of carbonyl (C=O) groups is 1. The summed E-state index contributed by atoms with van der Waals surface area (Å²) in [5, 5.41) is 3.53. The Kier molecular flexibility index (Phi) is 6.52. The molecule has 0 heterocycles. The number of rotatable bonds is 6. The minimum Gasteiger partial charge on any atom is -0.376 e. The van der Waals surface area contributed by atoms with E-state index in [-0.39, 0.29) is 5.91 Å². The van der Waals surface area contributed by atoms with Crippen LogP contribution in [0.1, 0.15) is 38.2 Å². The molecule has 1 aliphatic carbocycles. The summed E-state index contributed by atoms with van der Waals surface area (Å²) in [7, 11) is 0. The van der Waals surface area contributed by atoms with E-state index in [2.05, 4.69) is 12.2 Å². The van der Waals surface area contributed by atoms with Gasteiger partial charge in [0.2, 0.25) is 5.91 Å². The van der Waals surface area contributed by atoms with Crippen LogP contribution >= 0.6 is 11.6 Å². The van der Waals surface area contributed by atoms with Crippen LogP contribution in [0.15, 0.2) is 24.3 Å². The Labute approximate surface area is 132 Å². The molecule has 21 heavy (non-hydrogen) atoms. The molecule has 0 aliphatic heterocycles. The maximum absolute atomic E-state index is 11.9. The van der Waals surface area contributed by atoms with E-state index in [1.807, 2.05) is 18.2 Å². The fraction of sp³-hybridized carbons (Fsp3) is 0.588. The SMILES string of the molecule is C[C@H]1CCCC[C@H]1OCCNC(=O)Cc1ccccc1Cl. The Hall–Kier alpha value is -1.06. The standard InChI is InChI=1S/C17H24ClNO2/c1-13-6-2-5-9-16(13)21-11-10-19-17(20)12-14-7-3-4-8-15(14)18/h3-4,7-8,13,16H,2,5-6,9-12H2,1H3,(H,19,20)/t13-,16+/m0/s1. The molecule has 3 nitrogen and oxygen atoms in total. The summed E-state index contributed by atoms with van der Waals surface area (Å²) in [5.74, 6) is 0.626. The number of ether oxygens (including phenoxy) is 1. The van der Waals surface area contributed by atoms with Crippen LogP contribution in [0.4, 0.5) is 0 Å². The highest BCUT2D eigenvalue weighted by Gasteiger charge is 2.21. The summed E-state index contributed by atoms with van der Waals surface area (Å²) in [6, 6.07) is 7.44. The monoisotopic (exact) mass is 309 g/mol. The maximum Gasteiger partial charge on any atom is 0.224 e. The van der Waals surface area contributed by atoms with Gasteiger partial charge in [-0.15, -0.1) is 0 Å². The van der Waals surface area contributed by atoms with Gasteiger partial charge >= 0.3 is 0 Å². The van der Waals surface area contributed by atoms with Crippen LogP contribution < -0.4 is 5.32 Å². The highest BCUT2D eigenvalue weighted by molar-refractivity contribution is 6.31. The average Bonchev–Trinajstić information content (AvgIpc) is 2.48. The van der Waals surface area contributed by atoms with Crippen molar-refractivity contribution in [3.63, 3.8) is 0 Å². The highest BCUT2D eigenvalue weighted by Crippen LogP contribution is 2.25. The lowest BCUT2D eigenvalue weighted by molar-refractivity contribution is -0.120. The number of halogens is 1. The lowest BCUT2D eigenvalue weighted by Gasteiger charge is -2.28. The molecule has 0 bridgehead atoms. The first-order valence-corrected chi connectivity index (χ1v) is 8.16. The number of hydrogen-bond donors (Lipinski definition) is 1. The van der Waals surface area contributed by atoms with Gasteiger partial charge in [-0.2, -0.15) is 0 Å². The quantitative estimate of drug-likeness (QED) is 0.815. The van der Waals surface area contributed by atoms with Crippen LogP contribution in [-0.4, -0.2) is 25.2 Å². The molecule has 1 aromatic carbocycles. The molecule has 1 aromatic rings. The van der Waals surface area contributed by atoms with Crippen molar-refractivity contribution in [2.24, 2.45) is 5.92 Å². The maximum atomic E-state index is 11.9. The number of benzene rings is 1. The van der Waals surface area contributed by atoms with Crippen molar-refractivity contribution in [3.8, 4) is 0 Å². The van der Waals surface area contributed by atoms with Gasteiger partial charge in [-0.05, 0) is 30.4 Å². The van der Waals surface area contributed by atoms with Crippen LogP contribution in [0.25, 0.3) is 0 Å². The lowest BCUT2D eigenvalue weighted by Crippen LogP contribution is -2.32. The Morgan fingerprint density at radius 1 is 1.33 bits per heavy atom. The third-order valence-electron chi connectivity index (χ3n) is 4.10. The predicted molar refractivity (Wildman–Crippen MR) is 85.5 cm³/mol. The lowest BCUT2D eigenvalue weighted by atomic mass is 9.88. The van der Waals surface area contributed by atoms with Crippen molar-refractivity contribution in [1.29, 1.82) is 0 Å². The van der Waals surface area contributed by atoms with Crippen molar-refractivity contribution < 1.29 is 9.53 Å². The molecule has 2 atom stereocenters. The molecule has 1 N–H and O–H groups in total. The molecule has 2 rings (SSSR count). The van der Waals surface area contributed by atoms with Crippen molar-refractivity contribution >= 4 is 17.5 Å². The fourth-order valence-corrected chi connectivity index (χ4v) is 3.01. The summed E-state index contributed by atoms with van der Waals surface area (Å²) >= 11 is 6.04. The first kappa shape index (κ1) is 16.3. The Balaban J connectivity index is 1.64. The van der Waals surface area contributed by atoms with Gasteiger partial charge in [-0.25, -0.2) is 0 Å². The van der Waals surface area contributed by atoms with Gasteiger partial charge in [0.15, 0.2) is 0 Å². The van der Waals surface area contributed by atoms with Gasteiger partial charge in [0.25, 0.3) is 0 Å². The first-order chi connectivity index (χ1) is 10.2. The van der Waals surface area contributed by atoms with Crippen LogP contribution in [0, 0.1) is 5.92 Å². The van der Waals surface area contributed by atoms with E-state index in [4.69, 9.17) is 16.3 Å². The molecule has 0 aromatic heterocycles. The van der Waals surface area contributed by atoms with E-state index in [0.29, 0.717) is 36.6 Å². The smallest absolute Gasteiger partial charge is 0.224 e. The molecule has 1 fully saturated rings. The molecular formula is C17H24ClNO2. The average molecular weight is 310 g/mol. The van der Waals surface area contributed by atoms with Crippen LogP contribution in [0.3, 0.4) is 0 Å². The van der Waals surface area contributed by atoms with Crippen molar-refractivity contribution in [3.05, 3.63) is 34.9 Å². The van der Waals surface area contributed by atoms with E-state index in [1.165, 1.54) is 19.3 Å². The second-order valence-corrected chi connectivity index (χ2v) is 6.20. The van der Waals surface area contributed by atoms with Crippen LogP contribution in [0.5, 0.6) is 0 Å². The largest absolute Gasteiger partial charge is 0.376 e. The van der Waals surface area contributed by atoms with E-state index >= 15 is 0 Å². The zero-order chi connectivity index (χ0) is 15.1. The molecular weight excluding hydrogens is 286 g/mol. The summed E-state index contributed by atoms with van der Waals surface area (Å²) < 4.78 is 5.88. The van der Waals surface area contributed by atoms with Crippen molar-refractivity contribution in [2.75, 3.05) is 13.2 Å². The van der Waals surface area contributed by atoms with Crippen LogP contribution in [0.2, 0.25) is 5.02 Å². The Morgan fingerprint density at radius 2 is 2.10 bits per heavy atom. The highest BCUT2D eigenvalue weighted by atomic mass is 35.5. The van der Waals surface area contributed by atoms with E-state index in [0.717, 1.165) is 12.0 Å². The Bertz CT molecular complexity index is 464. The number of nitrogens with one attached hydrogen (secondary N) is 1. The number of hydrogen-bond acceptors (Lipinski definition) is 2. The third kappa shape index (κ3) is 5.33. The summed E-state index contributed by atoms with van der Waals surface area (Å²) in [6.45, 7) is 3.40. The zero-order valence-corrected chi connectivity index (χ0v) is 13.4. The molecule has 1 saturated carbocycles. The van der Waals surface area contributed by atoms with E-state index in [9.17, 15) is 4.79 Å². The van der Waals surface area contributed by atoms with Gasteiger partial charge < -0.3 is 10.1 Å². The molecule has 1 aliphatic rings. The first-order valence-electron chi connectivity index (χ1n) is 7.78. The Morgan fingerprint density at radius 3 is 2.86 bits per heavy atom. The molecule has 4 heteroatoms. The second kappa shape index (κ2) is 8.40. The van der Waals surface area contributed by atoms with Gasteiger partial charge in [-0.1, -0.05) is 49.6 Å². The normalized spacial score (nSPS) is 22.0. The van der Waals surface area contributed by atoms with Gasteiger partial charge in [0.05, 0.1) is 19.1 Å². The minimum absolute atomic E-state index is 0.0107. The summed E-state index contributed by atoms with van der Waals surface area (Å²) in [4.78, 5) is 11.9. The topological polar surface area (TPSA) is 38.3 Å². The third-order valence-corrected chi connectivity index (χ3v) is 4.47. The molecule has 1 amide bonds. The molecule has 0 radical (unpaired) electrons. The minimum atomic E-state index is -0.0107. The van der Waals surface area contributed by atoms with Gasteiger partial charge in [0, 0.05) is 11.6 Å². The summed E-state index contributed by atoms with van der Waals surface area (Å²) in [6.07, 6.45) is 5.65. The van der Waals surface area contributed by atoms with Crippen molar-refractivity contribution in [2.45, 2.75) is 45.1 Å². The van der Waals surface area contributed by atoms with Crippen LogP contribution in [-0.2, 0) is 16.0 Å². The molecule has 0 spiro atoms. The predicted octanol–water partition coefficient (Wildman–Crippen LogP) is 3.59. The number of amides is 1. The fourth-order valence-electron chi connectivity index (χ4n) is 2.81. The van der Waals surface area contributed by atoms with Gasteiger partial charge in [0.1, 0.15) is 0 Å². The van der Waals surface area contributed by atoms with E-state index < -0.39 is 0 Å².